The Balaban J connectivity index is 2.09. The second kappa shape index (κ2) is 8.63. The van der Waals surface area contributed by atoms with Crippen LogP contribution < -0.4 is 0 Å². The molecule has 150 valence electrons. The van der Waals surface area contributed by atoms with Crippen molar-refractivity contribution in [1.29, 1.82) is 0 Å². The minimum absolute atomic E-state index is 0.0896. The average molecular weight is 400 g/mol. The fourth-order valence-corrected chi connectivity index (χ4v) is 4.32. The van der Waals surface area contributed by atoms with Crippen molar-refractivity contribution in [1.82, 2.24) is 13.5 Å². The SMILES string of the molecule is CCOC(=O)N1CCN(S(=O)(=O)N(C)C(C)c2cccc([N+](=O)[O-])c2)CC1. The van der Waals surface area contributed by atoms with Gasteiger partial charge in [-0.1, -0.05) is 12.1 Å². The van der Waals surface area contributed by atoms with Crippen LogP contribution in [0.25, 0.3) is 0 Å². The van der Waals surface area contributed by atoms with Gasteiger partial charge in [-0.3, -0.25) is 10.1 Å². The molecule has 1 atom stereocenters. The lowest BCUT2D eigenvalue weighted by Gasteiger charge is -2.36. The molecule has 1 fully saturated rings. The normalized spacial score (nSPS) is 17.0. The van der Waals surface area contributed by atoms with E-state index in [1.54, 1.807) is 19.9 Å². The Labute approximate surface area is 158 Å². The third kappa shape index (κ3) is 4.73. The van der Waals surface area contributed by atoms with E-state index in [-0.39, 0.29) is 38.5 Å². The van der Waals surface area contributed by atoms with Crippen molar-refractivity contribution in [3.63, 3.8) is 0 Å². The standard InChI is InChI=1S/C16H24N4O6S/c1-4-26-16(21)18-8-10-19(11-9-18)27(24,25)17(3)13(2)14-6-5-7-15(12-14)20(22)23/h5-7,12-13H,4,8-11H2,1-3H3. The molecule has 10 nitrogen and oxygen atoms in total. The van der Waals surface area contributed by atoms with Gasteiger partial charge in [-0.2, -0.15) is 17.0 Å². The maximum absolute atomic E-state index is 12.9. The fraction of sp³-hybridized carbons (Fsp3) is 0.562. The van der Waals surface area contributed by atoms with Crippen LogP contribution in [0.5, 0.6) is 0 Å². The molecule has 0 saturated carbocycles. The summed E-state index contributed by atoms with van der Waals surface area (Å²) >= 11 is 0. The summed E-state index contributed by atoms with van der Waals surface area (Å²) in [5, 5.41) is 10.9. The number of hydrogen-bond donors (Lipinski definition) is 0. The van der Waals surface area contributed by atoms with E-state index in [0.29, 0.717) is 5.56 Å². The summed E-state index contributed by atoms with van der Waals surface area (Å²) in [6.45, 7) is 4.46. The number of piperazine rings is 1. The monoisotopic (exact) mass is 400 g/mol. The number of carbonyl (C=O) groups excluding carboxylic acids is 1. The number of benzene rings is 1. The molecule has 0 aliphatic carbocycles. The molecule has 1 heterocycles. The van der Waals surface area contributed by atoms with E-state index in [2.05, 4.69) is 0 Å². The largest absolute Gasteiger partial charge is 0.450 e. The lowest BCUT2D eigenvalue weighted by molar-refractivity contribution is -0.384. The van der Waals surface area contributed by atoms with E-state index >= 15 is 0 Å². The highest BCUT2D eigenvalue weighted by atomic mass is 32.2. The van der Waals surface area contributed by atoms with Gasteiger partial charge in [0.15, 0.2) is 0 Å². The van der Waals surface area contributed by atoms with Crippen molar-refractivity contribution in [2.24, 2.45) is 0 Å². The first-order valence-corrected chi connectivity index (χ1v) is 9.97. The second-order valence-electron chi connectivity index (χ2n) is 6.14. The van der Waals surface area contributed by atoms with Gasteiger partial charge in [0.1, 0.15) is 0 Å². The number of amides is 1. The molecular weight excluding hydrogens is 376 g/mol. The van der Waals surface area contributed by atoms with Crippen LogP contribution in [0.4, 0.5) is 10.5 Å². The number of nitro groups is 1. The zero-order valence-corrected chi connectivity index (χ0v) is 16.4. The summed E-state index contributed by atoms with van der Waals surface area (Å²) < 4.78 is 33.2. The third-order valence-corrected chi connectivity index (χ3v) is 6.63. The molecule has 0 spiro atoms. The van der Waals surface area contributed by atoms with Crippen molar-refractivity contribution < 1.29 is 22.9 Å². The quantitative estimate of drug-likeness (QED) is 0.529. The summed E-state index contributed by atoms with van der Waals surface area (Å²) in [4.78, 5) is 23.6. The summed E-state index contributed by atoms with van der Waals surface area (Å²) in [7, 11) is -2.34. The van der Waals surface area contributed by atoms with Gasteiger partial charge < -0.3 is 9.64 Å². The Hall–Kier alpha value is -2.24. The van der Waals surface area contributed by atoms with Crippen LogP contribution in [0.3, 0.4) is 0 Å². The van der Waals surface area contributed by atoms with E-state index in [1.165, 1.54) is 38.8 Å². The first-order valence-electron chi connectivity index (χ1n) is 8.57. The lowest BCUT2D eigenvalue weighted by Crippen LogP contribution is -2.53. The Morgan fingerprint density at radius 2 is 1.96 bits per heavy atom. The van der Waals surface area contributed by atoms with Crippen LogP contribution in [0.15, 0.2) is 24.3 Å². The topological polar surface area (TPSA) is 113 Å². The molecule has 1 aliphatic rings. The number of non-ortho nitro benzene ring substituents is 1. The molecule has 0 aromatic heterocycles. The van der Waals surface area contributed by atoms with Gasteiger partial charge in [0, 0.05) is 51.4 Å². The van der Waals surface area contributed by atoms with Gasteiger partial charge in [-0.25, -0.2) is 4.79 Å². The van der Waals surface area contributed by atoms with Gasteiger partial charge in [0.05, 0.1) is 11.5 Å². The number of nitrogens with zero attached hydrogens (tertiary/aromatic N) is 4. The zero-order valence-electron chi connectivity index (χ0n) is 15.6. The van der Waals surface area contributed by atoms with E-state index in [9.17, 15) is 23.3 Å². The number of carbonyl (C=O) groups is 1. The van der Waals surface area contributed by atoms with Crippen molar-refractivity contribution in [2.75, 3.05) is 39.8 Å². The van der Waals surface area contributed by atoms with Crippen LogP contribution in [0.2, 0.25) is 0 Å². The van der Waals surface area contributed by atoms with Crippen LogP contribution in [0.1, 0.15) is 25.5 Å². The van der Waals surface area contributed by atoms with Gasteiger partial charge in [0.2, 0.25) is 0 Å². The maximum atomic E-state index is 12.9. The molecule has 1 aromatic rings. The smallest absolute Gasteiger partial charge is 0.409 e. The maximum Gasteiger partial charge on any atom is 0.409 e. The van der Waals surface area contributed by atoms with E-state index < -0.39 is 27.3 Å². The van der Waals surface area contributed by atoms with E-state index in [1.807, 2.05) is 0 Å². The van der Waals surface area contributed by atoms with Crippen LogP contribution >= 0.6 is 0 Å². The van der Waals surface area contributed by atoms with Crippen molar-refractivity contribution in [2.45, 2.75) is 19.9 Å². The lowest BCUT2D eigenvalue weighted by atomic mass is 10.1. The Kier molecular flexibility index (Phi) is 6.73. The number of hydrogen-bond acceptors (Lipinski definition) is 6. The van der Waals surface area contributed by atoms with Crippen molar-refractivity contribution in [3.8, 4) is 0 Å². The van der Waals surface area contributed by atoms with E-state index in [4.69, 9.17) is 4.74 Å². The van der Waals surface area contributed by atoms with Crippen LogP contribution in [-0.4, -0.2) is 72.8 Å². The van der Waals surface area contributed by atoms with Gasteiger partial charge in [-0.15, -0.1) is 0 Å². The highest BCUT2D eigenvalue weighted by Gasteiger charge is 2.34. The van der Waals surface area contributed by atoms with Gasteiger partial charge in [-0.05, 0) is 19.4 Å². The first-order chi connectivity index (χ1) is 12.7. The fourth-order valence-electron chi connectivity index (χ4n) is 2.81. The van der Waals surface area contributed by atoms with Gasteiger partial charge >= 0.3 is 6.09 Å². The molecule has 2 rings (SSSR count). The minimum Gasteiger partial charge on any atom is -0.450 e. The highest BCUT2D eigenvalue weighted by Crippen LogP contribution is 2.26. The van der Waals surface area contributed by atoms with Gasteiger partial charge in [0.25, 0.3) is 15.9 Å². The molecule has 0 bridgehead atoms. The molecule has 1 aliphatic heterocycles. The number of rotatable bonds is 6. The molecule has 27 heavy (non-hydrogen) atoms. The first kappa shape index (κ1) is 21.1. The summed E-state index contributed by atoms with van der Waals surface area (Å²) in [5.74, 6) is 0. The summed E-state index contributed by atoms with van der Waals surface area (Å²) in [6.07, 6.45) is -0.451. The highest BCUT2D eigenvalue weighted by molar-refractivity contribution is 7.86. The number of ether oxygens (including phenoxy) is 1. The molecule has 0 N–H and O–H groups in total. The zero-order chi connectivity index (χ0) is 20.2. The van der Waals surface area contributed by atoms with Crippen molar-refractivity contribution in [3.05, 3.63) is 39.9 Å². The summed E-state index contributed by atoms with van der Waals surface area (Å²) in [6, 6.07) is 5.33. The molecule has 1 aromatic carbocycles. The molecule has 11 heteroatoms. The Morgan fingerprint density at radius 1 is 1.33 bits per heavy atom. The van der Waals surface area contributed by atoms with E-state index in [0.717, 1.165) is 0 Å². The van der Waals surface area contributed by atoms with Crippen molar-refractivity contribution >= 4 is 22.0 Å². The molecule has 1 amide bonds. The Bertz CT molecular complexity index is 792. The number of nitro benzene ring substituents is 1. The molecule has 1 saturated heterocycles. The molecule has 1 unspecified atom stereocenters. The predicted octanol–water partition coefficient (Wildman–Crippen LogP) is 1.61. The molecule has 0 radical (unpaired) electrons. The molecular formula is C16H24N4O6S. The minimum atomic E-state index is -3.79. The second-order valence-corrected chi connectivity index (χ2v) is 8.13. The average Bonchev–Trinajstić information content (AvgIpc) is 2.67. The summed E-state index contributed by atoms with van der Waals surface area (Å²) in [5.41, 5.74) is 0.439. The van der Waals surface area contributed by atoms with Crippen LogP contribution in [-0.2, 0) is 14.9 Å². The third-order valence-electron chi connectivity index (χ3n) is 4.56. The predicted molar refractivity (Wildman–Crippen MR) is 98.4 cm³/mol. The van der Waals surface area contributed by atoms with Crippen LogP contribution in [0, 0.1) is 10.1 Å². The Morgan fingerprint density at radius 3 is 2.52 bits per heavy atom.